The third-order valence-electron chi connectivity index (χ3n) is 5.58. The minimum atomic E-state index is -1.18. The molecule has 0 bridgehead atoms. The molecule has 2 N–H and O–H groups in total. The number of benzene rings is 2. The van der Waals surface area contributed by atoms with Crippen LogP contribution in [0.5, 0.6) is 5.75 Å². The molecule has 1 amide bonds. The molecule has 3 rings (SSSR count). The standard InChI is InChI=1S/C15H19NO4.C10H15NS/c17-10-16(9-11-4-2-1-3-5-11)12-6-7-13(15(19)20)14(18)8-12;1-4-11(3)12-10-7-5-9(2)6-8-10/h6-8,10-11,18H,1-5,9H2,(H,19,20);5-8H,4H2,1-3H3. The Kier molecular flexibility index (Phi) is 10.6. The van der Waals surface area contributed by atoms with E-state index in [4.69, 9.17) is 5.11 Å². The molecule has 0 atom stereocenters. The van der Waals surface area contributed by atoms with Gasteiger partial charge in [-0.15, -0.1) is 0 Å². The number of carboxylic acid groups (broad SMARTS) is 1. The molecule has 1 aliphatic carbocycles. The highest BCUT2D eigenvalue weighted by atomic mass is 32.2. The monoisotopic (exact) mass is 458 g/mol. The van der Waals surface area contributed by atoms with Crippen LogP contribution in [0.4, 0.5) is 5.69 Å². The maximum absolute atomic E-state index is 11.2. The van der Waals surface area contributed by atoms with Gasteiger partial charge >= 0.3 is 5.97 Å². The first kappa shape index (κ1) is 25.7. The van der Waals surface area contributed by atoms with E-state index < -0.39 is 5.97 Å². The number of hydrogen-bond acceptors (Lipinski definition) is 5. The summed E-state index contributed by atoms with van der Waals surface area (Å²) in [5.41, 5.74) is 1.70. The van der Waals surface area contributed by atoms with Gasteiger partial charge in [0.15, 0.2) is 0 Å². The first-order chi connectivity index (χ1) is 15.3. The average Bonchev–Trinajstić information content (AvgIpc) is 2.79. The fourth-order valence-corrected chi connectivity index (χ4v) is 4.33. The molecule has 0 heterocycles. The number of carboxylic acids is 1. The Labute approximate surface area is 195 Å². The van der Waals surface area contributed by atoms with Gasteiger partial charge in [-0.2, -0.15) is 0 Å². The number of phenols is 1. The number of aromatic hydroxyl groups is 1. The molecule has 0 radical (unpaired) electrons. The van der Waals surface area contributed by atoms with Crippen molar-refractivity contribution in [1.29, 1.82) is 0 Å². The first-order valence-corrected chi connectivity index (χ1v) is 11.8. The summed E-state index contributed by atoms with van der Waals surface area (Å²) < 4.78 is 2.21. The molecule has 1 aliphatic rings. The normalized spacial score (nSPS) is 13.9. The molecule has 0 aromatic heterocycles. The van der Waals surface area contributed by atoms with Crippen LogP contribution in [0.1, 0.15) is 54.9 Å². The van der Waals surface area contributed by atoms with E-state index >= 15 is 0 Å². The summed E-state index contributed by atoms with van der Waals surface area (Å²) in [6.07, 6.45) is 6.61. The third-order valence-corrected chi connectivity index (χ3v) is 6.63. The van der Waals surface area contributed by atoms with Gasteiger partial charge in [-0.1, -0.05) is 43.9 Å². The number of anilines is 1. The van der Waals surface area contributed by atoms with Crippen molar-refractivity contribution in [2.75, 3.05) is 25.0 Å². The van der Waals surface area contributed by atoms with Crippen LogP contribution in [0.2, 0.25) is 0 Å². The molecule has 6 nitrogen and oxygen atoms in total. The van der Waals surface area contributed by atoms with E-state index in [0.717, 1.165) is 25.8 Å². The summed E-state index contributed by atoms with van der Waals surface area (Å²) in [5.74, 6) is -1.01. The van der Waals surface area contributed by atoms with E-state index in [1.54, 1.807) is 22.9 Å². The molecule has 2 aromatic carbocycles. The Morgan fingerprint density at radius 1 is 1.12 bits per heavy atom. The lowest BCUT2D eigenvalue weighted by molar-refractivity contribution is -0.107. The Balaban J connectivity index is 0.000000258. The van der Waals surface area contributed by atoms with Gasteiger partial charge < -0.3 is 15.1 Å². The molecule has 0 saturated heterocycles. The Morgan fingerprint density at radius 2 is 1.78 bits per heavy atom. The van der Waals surface area contributed by atoms with Crippen LogP contribution in [0.3, 0.4) is 0 Å². The molecule has 0 aliphatic heterocycles. The molecule has 1 saturated carbocycles. The Hall–Kier alpha value is -2.51. The highest BCUT2D eigenvalue weighted by Gasteiger charge is 2.19. The quantitative estimate of drug-likeness (QED) is 0.397. The van der Waals surface area contributed by atoms with E-state index in [-0.39, 0.29) is 11.3 Å². The highest BCUT2D eigenvalue weighted by molar-refractivity contribution is 7.97. The summed E-state index contributed by atoms with van der Waals surface area (Å²) in [7, 11) is 2.10. The fraction of sp³-hybridized carbons (Fsp3) is 0.440. The summed E-state index contributed by atoms with van der Waals surface area (Å²) in [6.45, 7) is 5.95. The van der Waals surface area contributed by atoms with Crippen LogP contribution < -0.4 is 4.90 Å². The molecule has 1 fully saturated rings. The van der Waals surface area contributed by atoms with E-state index in [2.05, 4.69) is 49.5 Å². The van der Waals surface area contributed by atoms with Crippen LogP contribution in [0.25, 0.3) is 0 Å². The topological polar surface area (TPSA) is 81.1 Å². The lowest BCUT2D eigenvalue weighted by Gasteiger charge is -2.27. The molecule has 174 valence electrons. The van der Waals surface area contributed by atoms with Crippen molar-refractivity contribution in [1.82, 2.24) is 4.31 Å². The maximum atomic E-state index is 11.2. The van der Waals surface area contributed by atoms with Crippen molar-refractivity contribution in [3.8, 4) is 5.75 Å². The first-order valence-electron chi connectivity index (χ1n) is 11.1. The smallest absolute Gasteiger partial charge is 0.339 e. The van der Waals surface area contributed by atoms with Crippen LogP contribution in [0.15, 0.2) is 47.4 Å². The van der Waals surface area contributed by atoms with Gasteiger partial charge in [0, 0.05) is 29.7 Å². The predicted octanol–water partition coefficient (Wildman–Crippen LogP) is 5.59. The van der Waals surface area contributed by atoms with Gasteiger partial charge in [-0.05, 0) is 68.9 Å². The largest absolute Gasteiger partial charge is 0.507 e. The molecule has 32 heavy (non-hydrogen) atoms. The van der Waals surface area contributed by atoms with Crippen molar-refractivity contribution >= 4 is 30.0 Å². The summed E-state index contributed by atoms with van der Waals surface area (Å²) >= 11 is 1.79. The van der Waals surface area contributed by atoms with Gasteiger partial charge in [0.05, 0.1) is 0 Å². The molecule has 7 heteroatoms. The number of rotatable bonds is 8. The van der Waals surface area contributed by atoms with E-state index in [1.807, 2.05) is 0 Å². The number of hydrogen-bond donors (Lipinski definition) is 2. The lowest BCUT2D eigenvalue weighted by Crippen LogP contribution is -2.29. The zero-order valence-electron chi connectivity index (χ0n) is 19.2. The number of carbonyl (C=O) groups excluding carboxylic acids is 1. The molecule has 0 spiro atoms. The SMILES string of the molecule is CCN(C)Sc1ccc(C)cc1.O=CN(CC1CCCCC1)c1ccc(C(=O)O)c(O)c1. The number of aromatic carboxylic acids is 1. The zero-order valence-corrected chi connectivity index (χ0v) is 20.0. The van der Waals surface area contributed by atoms with Crippen molar-refractivity contribution in [3.63, 3.8) is 0 Å². The minimum absolute atomic E-state index is 0.155. The van der Waals surface area contributed by atoms with Gasteiger partial charge in [0.2, 0.25) is 6.41 Å². The number of aryl methyl sites for hydroxylation is 1. The van der Waals surface area contributed by atoms with Crippen molar-refractivity contribution in [2.24, 2.45) is 5.92 Å². The number of amides is 1. The summed E-state index contributed by atoms with van der Waals surface area (Å²) in [4.78, 5) is 24.9. The second-order valence-corrected chi connectivity index (χ2v) is 9.39. The van der Waals surface area contributed by atoms with Crippen LogP contribution in [0, 0.1) is 12.8 Å². The highest BCUT2D eigenvalue weighted by Crippen LogP contribution is 2.28. The van der Waals surface area contributed by atoms with Crippen LogP contribution in [-0.2, 0) is 4.79 Å². The van der Waals surface area contributed by atoms with Gasteiger partial charge in [0.25, 0.3) is 0 Å². The number of carbonyl (C=O) groups is 2. The van der Waals surface area contributed by atoms with Crippen LogP contribution >= 0.6 is 11.9 Å². The summed E-state index contributed by atoms with van der Waals surface area (Å²) in [6, 6.07) is 12.8. The Bertz CT molecular complexity index is 867. The van der Waals surface area contributed by atoms with Crippen LogP contribution in [-0.4, -0.2) is 47.0 Å². The fourth-order valence-electron chi connectivity index (χ4n) is 3.58. The van der Waals surface area contributed by atoms with Gasteiger partial charge in [-0.25, -0.2) is 9.10 Å². The number of nitrogens with zero attached hydrogens (tertiary/aromatic N) is 2. The molecular weight excluding hydrogens is 424 g/mol. The molecular formula is C25H34N2O4S. The van der Waals surface area contributed by atoms with Gasteiger partial charge in [0.1, 0.15) is 11.3 Å². The second-order valence-electron chi connectivity index (χ2n) is 8.12. The molecule has 2 aromatic rings. The second kappa shape index (κ2) is 13.1. The molecule has 0 unspecified atom stereocenters. The lowest BCUT2D eigenvalue weighted by atomic mass is 9.89. The Morgan fingerprint density at radius 3 is 2.31 bits per heavy atom. The van der Waals surface area contributed by atoms with Crippen molar-refractivity contribution < 1.29 is 19.8 Å². The predicted molar refractivity (Wildman–Crippen MR) is 130 cm³/mol. The minimum Gasteiger partial charge on any atom is -0.507 e. The van der Waals surface area contributed by atoms with Gasteiger partial charge in [-0.3, -0.25) is 4.79 Å². The summed E-state index contributed by atoms with van der Waals surface area (Å²) in [5, 5.41) is 18.6. The van der Waals surface area contributed by atoms with E-state index in [9.17, 15) is 14.7 Å². The van der Waals surface area contributed by atoms with E-state index in [0.29, 0.717) is 18.2 Å². The maximum Gasteiger partial charge on any atom is 0.339 e. The third kappa shape index (κ3) is 8.20. The van der Waals surface area contributed by atoms with E-state index in [1.165, 1.54) is 41.9 Å². The average molecular weight is 459 g/mol. The van der Waals surface area contributed by atoms with Crippen molar-refractivity contribution in [3.05, 3.63) is 53.6 Å². The van der Waals surface area contributed by atoms with Crippen molar-refractivity contribution in [2.45, 2.75) is 50.8 Å². The zero-order chi connectivity index (χ0) is 23.5.